The van der Waals surface area contributed by atoms with Gasteiger partial charge in [-0.25, -0.2) is 14.3 Å². The van der Waals surface area contributed by atoms with Crippen molar-refractivity contribution < 1.29 is 19.1 Å². The van der Waals surface area contributed by atoms with Crippen molar-refractivity contribution in [2.24, 2.45) is 0 Å². The summed E-state index contributed by atoms with van der Waals surface area (Å²) in [6, 6.07) is 16.4. The first-order chi connectivity index (χ1) is 13.1. The summed E-state index contributed by atoms with van der Waals surface area (Å²) in [5.41, 5.74) is 2.23. The quantitative estimate of drug-likeness (QED) is 0.644. The maximum Gasteiger partial charge on any atom is 0.347 e. The van der Waals surface area contributed by atoms with Gasteiger partial charge in [0.15, 0.2) is 0 Å². The maximum absolute atomic E-state index is 12.7. The zero-order valence-corrected chi connectivity index (χ0v) is 14.9. The van der Waals surface area contributed by atoms with E-state index >= 15 is 0 Å². The van der Waals surface area contributed by atoms with E-state index in [1.54, 1.807) is 35.1 Å². The van der Waals surface area contributed by atoms with Crippen LogP contribution in [-0.2, 0) is 14.3 Å². The summed E-state index contributed by atoms with van der Waals surface area (Å²) in [6.07, 6.45) is 1.07. The third-order valence-corrected chi connectivity index (χ3v) is 4.46. The smallest absolute Gasteiger partial charge is 0.347 e. The van der Waals surface area contributed by atoms with Gasteiger partial charge in [0, 0.05) is 23.2 Å². The number of nitrogens with zero attached hydrogens (tertiary/aromatic N) is 2. The largest absolute Gasteiger partial charge is 0.463 e. The number of halogens is 1. The lowest BCUT2D eigenvalue weighted by Crippen LogP contribution is -2.22. The van der Waals surface area contributed by atoms with Gasteiger partial charge in [-0.2, -0.15) is 5.10 Å². The van der Waals surface area contributed by atoms with Crippen molar-refractivity contribution in [3.63, 3.8) is 0 Å². The first kappa shape index (κ1) is 17.3. The van der Waals surface area contributed by atoms with Crippen molar-refractivity contribution in [2.45, 2.75) is 12.5 Å². The van der Waals surface area contributed by atoms with Gasteiger partial charge in [0.1, 0.15) is 11.3 Å². The summed E-state index contributed by atoms with van der Waals surface area (Å²) in [5, 5.41) is 5.13. The molecule has 2 aromatic carbocycles. The van der Waals surface area contributed by atoms with E-state index in [1.165, 1.54) is 0 Å². The van der Waals surface area contributed by atoms with E-state index in [2.05, 4.69) is 5.10 Å². The number of para-hydroxylation sites is 1. The normalized spacial score (nSPS) is 16.2. The molecule has 1 aliphatic heterocycles. The highest BCUT2D eigenvalue weighted by molar-refractivity contribution is 6.30. The van der Waals surface area contributed by atoms with Gasteiger partial charge in [-0.1, -0.05) is 41.9 Å². The van der Waals surface area contributed by atoms with Gasteiger partial charge < -0.3 is 9.47 Å². The fourth-order valence-electron chi connectivity index (χ4n) is 2.83. The molecule has 0 amide bonds. The highest BCUT2D eigenvalue weighted by atomic mass is 35.5. The standard InChI is InChI=1S/C20H15ClN2O4/c21-14-8-6-13(7-9-14)18-16(19(24)27-17-10-11-26-20(17)25)12-23(22-18)15-4-2-1-3-5-15/h1-9,12,17H,10-11H2/t17-/m1/s1. The topological polar surface area (TPSA) is 70.4 Å². The molecule has 27 heavy (non-hydrogen) atoms. The second kappa shape index (κ2) is 7.25. The van der Waals surface area contributed by atoms with Gasteiger partial charge in [0.2, 0.25) is 6.10 Å². The van der Waals surface area contributed by atoms with Crippen molar-refractivity contribution in [2.75, 3.05) is 6.61 Å². The van der Waals surface area contributed by atoms with E-state index in [1.807, 2.05) is 30.3 Å². The molecule has 0 aliphatic carbocycles. The molecule has 0 saturated carbocycles. The second-order valence-electron chi connectivity index (χ2n) is 6.03. The molecule has 7 heteroatoms. The molecule has 1 atom stereocenters. The number of esters is 2. The Labute approximate surface area is 160 Å². The third-order valence-electron chi connectivity index (χ3n) is 4.21. The minimum absolute atomic E-state index is 0.254. The molecule has 4 rings (SSSR count). The number of rotatable bonds is 4. The number of aromatic nitrogens is 2. The van der Waals surface area contributed by atoms with Gasteiger partial charge in [0.05, 0.1) is 12.3 Å². The van der Waals surface area contributed by atoms with E-state index in [9.17, 15) is 9.59 Å². The van der Waals surface area contributed by atoms with Gasteiger partial charge in [-0.15, -0.1) is 0 Å². The third kappa shape index (κ3) is 3.57. The Kier molecular flexibility index (Phi) is 4.64. The van der Waals surface area contributed by atoms with Crippen LogP contribution in [0.2, 0.25) is 5.02 Å². The molecule has 3 aromatic rings. The van der Waals surface area contributed by atoms with Crippen molar-refractivity contribution in [1.29, 1.82) is 0 Å². The van der Waals surface area contributed by atoms with Crippen LogP contribution in [0, 0.1) is 0 Å². The summed E-state index contributed by atoms with van der Waals surface area (Å²) >= 11 is 5.96. The van der Waals surface area contributed by atoms with Crippen LogP contribution < -0.4 is 0 Å². The lowest BCUT2D eigenvalue weighted by molar-refractivity contribution is -0.145. The van der Waals surface area contributed by atoms with Gasteiger partial charge in [0.25, 0.3) is 0 Å². The van der Waals surface area contributed by atoms with Crippen LogP contribution in [0.25, 0.3) is 16.9 Å². The Morgan fingerprint density at radius 3 is 2.56 bits per heavy atom. The fraction of sp³-hybridized carbons (Fsp3) is 0.150. The predicted molar refractivity (Wildman–Crippen MR) is 98.8 cm³/mol. The van der Waals surface area contributed by atoms with Crippen LogP contribution in [0.1, 0.15) is 16.8 Å². The number of cyclic esters (lactones) is 1. The summed E-state index contributed by atoms with van der Waals surface area (Å²) in [4.78, 5) is 24.4. The highest BCUT2D eigenvalue weighted by Crippen LogP contribution is 2.26. The van der Waals surface area contributed by atoms with Crippen LogP contribution in [0.5, 0.6) is 0 Å². The van der Waals surface area contributed by atoms with E-state index in [-0.39, 0.29) is 12.2 Å². The monoisotopic (exact) mass is 382 g/mol. The van der Waals surface area contributed by atoms with Crippen LogP contribution in [-0.4, -0.2) is 34.4 Å². The van der Waals surface area contributed by atoms with Crippen LogP contribution in [0.3, 0.4) is 0 Å². The van der Waals surface area contributed by atoms with Crippen molar-refractivity contribution >= 4 is 23.5 Å². The van der Waals surface area contributed by atoms with Crippen molar-refractivity contribution in [3.05, 3.63) is 71.4 Å². The highest BCUT2D eigenvalue weighted by Gasteiger charge is 2.32. The lowest BCUT2D eigenvalue weighted by Gasteiger charge is -2.08. The Balaban J connectivity index is 1.73. The summed E-state index contributed by atoms with van der Waals surface area (Å²) < 4.78 is 11.8. The molecule has 0 bridgehead atoms. The van der Waals surface area contributed by atoms with Gasteiger partial charge >= 0.3 is 11.9 Å². The Morgan fingerprint density at radius 1 is 1.15 bits per heavy atom. The molecule has 0 unspecified atom stereocenters. The van der Waals surface area contributed by atoms with E-state index in [4.69, 9.17) is 21.1 Å². The number of benzene rings is 2. The average Bonchev–Trinajstić information content (AvgIpc) is 3.30. The Hall–Kier alpha value is -3.12. The number of ether oxygens (including phenoxy) is 2. The van der Waals surface area contributed by atoms with Gasteiger partial charge in [-0.05, 0) is 24.3 Å². The van der Waals surface area contributed by atoms with Crippen LogP contribution in [0.15, 0.2) is 60.8 Å². The van der Waals surface area contributed by atoms with E-state index in [0.29, 0.717) is 17.1 Å². The first-order valence-electron chi connectivity index (χ1n) is 8.40. The SMILES string of the molecule is O=C(O[C@@H]1CCOC1=O)c1cn(-c2ccccc2)nc1-c1ccc(Cl)cc1. The number of carbonyl (C=O) groups is 2. The zero-order valence-electron chi connectivity index (χ0n) is 14.2. The minimum atomic E-state index is -0.879. The zero-order chi connectivity index (χ0) is 18.8. The molecule has 0 radical (unpaired) electrons. The van der Waals surface area contributed by atoms with Crippen molar-refractivity contribution in [1.82, 2.24) is 9.78 Å². The lowest BCUT2D eigenvalue weighted by atomic mass is 10.1. The summed E-state index contributed by atoms with van der Waals surface area (Å²) in [7, 11) is 0. The van der Waals surface area contributed by atoms with Crippen molar-refractivity contribution in [3.8, 4) is 16.9 Å². The number of hydrogen-bond acceptors (Lipinski definition) is 5. The molecule has 0 spiro atoms. The molecule has 1 saturated heterocycles. The molecular weight excluding hydrogens is 368 g/mol. The van der Waals surface area contributed by atoms with Gasteiger partial charge in [-0.3, -0.25) is 0 Å². The van der Waals surface area contributed by atoms with E-state index in [0.717, 1.165) is 11.3 Å². The fourth-order valence-corrected chi connectivity index (χ4v) is 2.96. The Bertz CT molecular complexity index is 983. The average molecular weight is 383 g/mol. The molecule has 1 aromatic heterocycles. The molecule has 6 nitrogen and oxygen atoms in total. The van der Waals surface area contributed by atoms with Crippen LogP contribution >= 0.6 is 11.6 Å². The van der Waals surface area contributed by atoms with Crippen LogP contribution in [0.4, 0.5) is 0 Å². The summed E-state index contributed by atoms with van der Waals surface area (Å²) in [5.74, 6) is -1.14. The first-order valence-corrected chi connectivity index (χ1v) is 8.78. The molecule has 136 valence electrons. The molecule has 1 fully saturated rings. The summed E-state index contributed by atoms with van der Waals surface area (Å²) in [6.45, 7) is 0.254. The second-order valence-corrected chi connectivity index (χ2v) is 6.46. The predicted octanol–water partition coefficient (Wildman–Crippen LogP) is 3.67. The minimum Gasteiger partial charge on any atom is -0.463 e. The number of hydrogen-bond donors (Lipinski definition) is 0. The molecule has 2 heterocycles. The van der Waals surface area contributed by atoms with E-state index < -0.39 is 18.0 Å². The Morgan fingerprint density at radius 2 is 1.89 bits per heavy atom. The number of carbonyl (C=O) groups excluding carboxylic acids is 2. The molecule has 1 aliphatic rings. The molecule has 0 N–H and O–H groups in total. The molecular formula is C20H15ClN2O4. The maximum atomic E-state index is 12.7.